The lowest BCUT2D eigenvalue weighted by Gasteiger charge is -2.46. The van der Waals surface area contributed by atoms with E-state index in [-0.39, 0.29) is 16.8 Å². The summed E-state index contributed by atoms with van der Waals surface area (Å²) in [5.41, 5.74) is 4.27. The lowest BCUT2D eigenvalue weighted by atomic mass is 9.66. The molecule has 0 radical (unpaired) electrons. The molecule has 2 saturated heterocycles. The van der Waals surface area contributed by atoms with Crippen molar-refractivity contribution in [1.29, 1.82) is 0 Å². The minimum absolute atomic E-state index is 0.0179. The average molecular weight is 416 g/mol. The minimum atomic E-state index is -0.167. The fraction of sp³-hybridized carbons (Fsp3) is 0.583. The summed E-state index contributed by atoms with van der Waals surface area (Å²) in [4.78, 5) is 1.51. The molecule has 3 heterocycles. The smallest absolute Gasteiger partial charge is 0.123 e. The number of benzene rings is 1. The van der Waals surface area contributed by atoms with Crippen molar-refractivity contribution >= 4 is 11.3 Å². The quantitative estimate of drug-likeness (QED) is 0.690. The van der Waals surface area contributed by atoms with Gasteiger partial charge in [0.2, 0.25) is 0 Å². The zero-order valence-corrected chi connectivity index (χ0v) is 17.8. The zero-order chi connectivity index (χ0) is 19.7. The Morgan fingerprint density at radius 3 is 2.83 bits per heavy atom. The van der Waals surface area contributed by atoms with Crippen LogP contribution < -0.4 is 5.32 Å². The highest BCUT2D eigenvalue weighted by Gasteiger charge is 2.48. The number of thiophene rings is 1. The molecule has 1 aromatic carbocycles. The topological polar surface area (TPSA) is 30.5 Å². The molecule has 0 amide bonds. The molecule has 3 nitrogen and oxygen atoms in total. The minimum Gasteiger partial charge on any atom is -0.378 e. The van der Waals surface area contributed by atoms with E-state index < -0.39 is 0 Å². The number of ether oxygens (including phenoxy) is 2. The van der Waals surface area contributed by atoms with Crippen molar-refractivity contribution in [2.45, 2.75) is 62.5 Å². The van der Waals surface area contributed by atoms with Crippen LogP contribution in [0.4, 0.5) is 4.39 Å². The van der Waals surface area contributed by atoms with E-state index in [1.54, 1.807) is 23.3 Å². The number of nitrogens with one attached hydrogen (secondary N) is 1. The van der Waals surface area contributed by atoms with Gasteiger partial charge in [-0.3, -0.25) is 0 Å². The van der Waals surface area contributed by atoms with E-state index in [1.165, 1.54) is 29.7 Å². The number of aryl methyl sites for hydroxylation is 1. The van der Waals surface area contributed by atoms with E-state index in [0.717, 1.165) is 52.0 Å². The lowest BCUT2D eigenvalue weighted by Crippen LogP contribution is -2.49. The van der Waals surface area contributed by atoms with E-state index in [1.807, 2.05) is 23.5 Å². The Balaban J connectivity index is 1.30. The van der Waals surface area contributed by atoms with Crippen LogP contribution in [-0.4, -0.2) is 32.0 Å². The van der Waals surface area contributed by atoms with Crippen LogP contribution in [0.15, 0.2) is 29.6 Å². The van der Waals surface area contributed by atoms with Crippen molar-refractivity contribution < 1.29 is 13.9 Å². The molecule has 2 atom stereocenters. The number of hydrogen-bond donors (Lipinski definition) is 1. The van der Waals surface area contributed by atoms with Gasteiger partial charge in [0.05, 0.1) is 12.2 Å². The molecule has 1 N–H and O–H groups in total. The van der Waals surface area contributed by atoms with Crippen molar-refractivity contribution in [3.8, 4) is 0 Å². The lowest BCUT2D eigenvalue weighted by molar-refractivity contribution is -0.108. The van der Waals surface area contributed by atoms with E-state index >= 15 is 0 Å². The normalized spacial score (nSPS) is 28.9. The molecule has 3 aliphatic rings. The number of halogens is 1. The first kappa shape index (κ1) is 19.7. The van der Waals surface area contributed by atoms with Crippen molar-refractivity contribution in [3.05, 3.63) is 57.0 Å². The van der Waals surface area contributed by atoms with Crippen LogP contribution in [0, 0.1) is 5.82 Å². The summed E-state index contributed by atoms with van der Waals surface area (Å²) in [5.74, 6) is -0.167. The highest BCUT2D eigenvalue weighted by molar-refractivity contribution is 7.10. The van der Waals surface area contributed by atoms with E-state index in [2.05, 4.69) is 10.7 Å². The van der Waals surface area contributed by atoms with Gasteiger partial charge in [0.1, 0.15) is 5.82 Å². The maximum atomic E-state index is 13.6. The van der Waals surface area contributed by atoms with Gasteiger partial charge in [0, 0.05) is 36.5 Å². The van der Waals surface area contributed by atoms with Crippen LogP contribution in [-0.2, 0) is 34.3 Å². The van der Waals surface area contributed by atoms with Crippen molar-refractivity contribution in [2.75, 3.05) is 26.4 Å². The molecule has 1 aromatic heterocycles. The molecule has 2 aromatic rings. The standard InChI is InChI=1S/C24H30FNO2S/c25-20-6-4-19(5-7-20)23(9-13-28-24(16-23)10-12-27-17-24)8-11-26-14-22-21-3-1-2-18(21)15-29-22/h4-7,15,26H,1-3,8-14,16-17H2. The SMILES string of the molecule is Fc1ccc(C2(CCNCc3scc4c3CCC4)CCOC3(CCOC3)C2)cc1. The van der Waals surface area contributed by atoms with Crippen LogP contribution in [0.1, 0.15) is 53.7 Å². The van der Waals surface area contributed by atoms with Gasteiger partial charge < -0.3 is 14.8 Å². The van der Waals surface area contributed by atoms with Crippen molar-refractivity contribution in [1.82, 2.24) is 5.32 Å². The third-order valence-electron chi connectivity index (χ3n) is 7.18. The summed E-state index contributed by atoms with van der Waals surface area (Å²) in [5, 5.41) is 6.06. The first-order chi connectivity index (χ1) is 14.2. The molecule has 1 spiro atoms. The zero-order valence-electron chi connectivity index (χ0n) is 17.0. The molecule has 2 aliphatic heterocycles. The monoisotopic (exact) mass is 415 g/mol. The summed E-state index contributed by atoms with van der Waals surface area (Å²) in [6, 6.07) is 7.17. The first-order valence-corrected chi connectivity index (χ1v) is 11.8. The summed E-state index contributed by atoms with van der Waals surface area (Å²) in [6.07, 6.45) is 7.75. The number of fused-ring (bicyclic) bond motifs is 1. The van der Waals surface area contributed by atoms with Crippen LogP contribution in [0.5, 0.6) is 0 Å². The molecule has 156 valence electrons. The highest BCUT2D eigenvalue weighted by atomic mass is 32.1. The summed E-state index contributed by atoms with van der Waals surface area (Å²) in [6.45, 7) is 4.14. The Labute approximate surface area is 176 Å². The predicted molar refractivity (Wildman–Crippen MR) is 114 cm³/mol. The largest absolute Gasteiger partial charge is 0.378 e. The predicted octanol–water partition coefficient (Wildman–Crippen LogP) is 4.76. The Morgan fingerprint density at radius 1 is 1.10 bits per heavy atom. The third kappa shape index (κ3) is 3.90. The van der Waals surface area contributed by atoms with Crippen molar-refractivity contribution in [2.24, 2.45) is 0 Å². The van der Waals surface area contributed by atoms with Gasteiger partial charge in [0.25, 0.3) is 0 Å². The Bertz CT molecular complexity index is 843. The maximum Gasteiger partial charge on any atom is 0.123 e. The first-order valence-electron chi connectivity index (χ1n) is 10.9. The van der Waals surface area contributed by atoms with Gasteiger partial charge in [-0.1, -0.05) is 12.1 Å². The fourth-order valence-corrected chi connectivity index (χ4v) is 6.68. The van der Waals surface area contributed by atoms with Crippen LogP contribution in [0.2, 0.25) is 0 Å². The van der Waals surface area contributed by atoms with Gasteiger partial charge in [-0.25, -0.2) is 4.39 Å². The van der Waals surface area contributed by atoms with Crippen LogP contribution in [0.3, 0.4) is 0 Å². The van der Waals surface area contributed by atoms with Gasteiger partial charge in [0.15, 0.2) is 0 Å². The van der Waals surface area contributed by atoms with Crippen LogP contribution >= 0.6 is 11.3 Å². The summed E-state index contributed by atoms with van der Waals surface area (Å²) >= 11 is 1.91. The van der Waals surface area contributed by atoms with Crippen molar-refractivity contribution in [3.63, 3.8) is 0 Å². The Kier molecular flexibility index (Phi) is 5.50. The molecule has 5 heteroatoms. The second-order valence-corrected chi connectivity index (χ2v) is 9.96. The Hall–Kier alpha value is -1.27. The van der Waals surface area contributed by atoms with Gasteiger partial charge in [-0.15, -0.1) is 11.3 Å². The fourth-order valence-electron chi connectivity index (χ4n) is 5.58. The highest BCUT2D eigenvalue weighted by Crippen LogP contribution is 2.47. The van der Waals surface area contributed by atoms with E-state index in [0.29, 0.717) is 6.61 Å². The molecular weight excluding hydrogens is 385 g/mol. The molecule has 2 unspecified atom stereocenters. The maximum absolute atomic E-state index is 13.6. The second-order valence-electron chi connectivity index (χ2n) is 8.99. The Morgan fingerprint density at radius 2 is 2.00 bits per heavy atom. The number of hydrogen-bond acceptors (Lipinski definition) is 4. The molecule has 29 heavy (non-hydrogen) atoms. The molecule has 5 rings (SSSR count). The number of rotatable bonds is 6. The van der Waals surface area contributed by atoms with Gasteiger partial charge in [-0.05, 0) is 79.3 Å². The van der Waals surface area contributed by atoms with Gasteiger partial charge in [-0.2, -0.15) is 0 Å². The summed E-state index contributed by atoms with van der Waals surface area (Å²) < 4.78 is 25.5. The molecular formula is C24H30FNO2S. The van der Waals surface area contributed by atoms with E-state index in [4.69, 9.17) is 9.47 Å². The molecule has 0 bridgehead atoms. The van der Waals surface area contributed by atoms with Gasteiger partial charge >= 0.3 is 0 Å². The van der Waals surface area contributed by atoms with E-state index in [9.17, 15) is 4.39 Å². The average Bonchev–Trinajstić information content (AvgIpc) is 3.45. The third-order valence-corrected chi connectivity index (χ3v) is 8.26. The molecule has 2 fully saturated rings. The molecule has 1 aliphatic carbocycles. The molecule has 0 saturated carbocycles. The van der Waals surface area contributed by atoms with Crippen LogP contribution in [0.25, 0.3) is 0 Å². The second kappa shape index (κ2) is 8.10. The summed E-state index contributed by atoms with van der Waals surface area (Å²) in [7, 11) is 0.